The SMILES string of the molecule is CC(=O)CCn1c(-c2ccc3ccccc3c2)cc2ccccc21. The molecule has 0 unspecified atom stereocenters. The zero-order chi connectivity index (χ0) is 16.5. The minimum atomic E-state index is 0.220. The third-order valence-electron chi connectivity index (χ3n) is 4.54. The first-order valence-corrected chi connectivity index (χ1v) is 8.29. The first kappa shape index (κ1) is 14.7. The topological polar surface area (TPSA) is 22.0 Å². The summed E-state index contributed by atoms with van der Waals surface area (Å²) in [6.07, 6.45) is 0.555. The fourth-order valence-electron chi connectivity index (χ4n) is 3.31. The molecule has 0 saturated heterocycles. The molecule has 0 aliphatic carbocycles. The van der Waals surface area contributed by atoms with Crippen LogP contribution in [0.2, 0.25) is 0 Å². The summed E-state index contributed by atoms with van der Waals surface area (Å²) in [5, 5.41) is 3.69. The highest BCUT2D eigenvalue weighted by atomic mass is 16.1. The van der Waals surface area contributed by atoms with Gasteiger partial charge in [-0.3, -0.25) is 4.79 Å². The van der Waals surface area contributed by atoms with Crippen molar-refractivity contribution in [3.05, 3.63) is 72.8 Å². The molecule has 1 heterocycles. The van der Waals surface area contributed by atoms with E-state index in [4.69, 9.17) is 0 Å². The molecule has 0 amide bonds. The van der Waals surface area contributed by atoms with Gasteiger partial charge in [0.05, 0.1) is 0 Å². The van der Waals surface area contributed by atoms with Gasteiger partial charge in [-0.25, -0.2) is 0 Å². The number of rotatable bonds is 4. The minimum Gasteiger partial charge on any atom is -0.340 e. The number of carbonyl (C=O) groups is 1. The third-order valence-corrected chi connectivity index (χ3v) is 4.54. The summed E-state index contributed by atoms with van der Waals surface area (Å²) in [7, 11) is 0. The van der Waals surface area contributed by atoms with E-state index in [1.165, 1.54) is 32.9 Å². The molecule has 0 N–H and O–H groups in total. The molecule has 4 rings (SSSR count). The summed E-state index contributed by atoms with van der Waals surface area (Å²) in [5.74, 6) is 0.220. The second kappa shape index (κ2) is 5.97. The maximum atomic E-state index is 11.5. The number of carbonyl (C=O) groups excluding carboxylic acids is 1. The van der Waals surface area contributed by atoms with Crippen LogP contribution in [0.15, 0.2) is 72.8 Å². The molecule has 118 valence electrons. The zero-order valence-electron chi connectivity index (χ0n) is 13.7. The quantitative estimate of drug-likeness (QED) is 0.491. The highest BCUT2D eigenvalue weighted by Gasteiger charge is 2.11. The molecular weight excluding hydrogens is 294 g/mol. The monoisotopic (exact) mass is 313 g/mol. The number of benzene rings is 3. The van der Waals surface area contributed by atoms with Crippen molar-refractivity contribution in [2.75, 3.05) is 0 Å². The molecule has 24 heavy (non-hydrogen) atoms. The summed E-state index contributed by atoms with van der Waals surface area (Å²) in [6, 6.07) is 25.5. The van der Waals surface area contributed by atoms with E-state index in [9.17, 15) is 4.79 Å². The molecule has 0 fully saturated rings. The van der Waals surface area contributed by atoms with Crippen LogP contribution >= 0.6 is 0 Å². The molecule has 0 atom stereocenters. The van der Waals surface area contributed by atoms with Gasteiger partial charge in [0.2, 0.25) is 0 Å². The summed E-state index contributed by atoms with van der Waals surface area (Å²) in [6.45, 7) is 2.37. The maximum Gasteiger partial charge on any atom is 0.131 e. The van der Waals surface area contributed by atoms with Gasteiger partial charge in [-0.15, -0.1) is 0 Å². The van der Waals surface area contributed by atoms with Crippen LogP contribution in [0, 0.1) is 0 Å². The number of Topliss-reactive ketones (excluding diaryl/α,β-unsaturated/α-hetero) is 1. The van der Waals surface area contributed by atoms with E-state index >= 15 is 0 Å². The second-order valence-electron chi connectivity index (χ2n) is 6.25. The standard InChI is InChI=1S/C22H19NO/c1-16(24)12-13-23-21-9-5-4-8-19(21)15-22(23)20-11-10-17-6-2-3-7-18(17)14-20/h2-11,14-15H,12-13H2,1H3. The van der Waals surface area contributed by atoms with Gasteiger partial charge >= 0.3 is 0 Å². The van der Waals surface area contributed by atoms with Crippen molar-refractivity contribution in [1.29, 1.82) is 0 Å². The Morgan fingerprint density at radius 1 is 0.833 bits per heavy atom. The van der Waals surface area contributed by atoms with Crippen LogP contribution in [0.5, 0.6) is 0 Å². The van der Waals surface area contributed by atoms with Gasteiger partial charge in [0, 0.05) is 29.6 Å². The molecule has 0 aliphatic rings. The molecule has 2 nitrogen and oxygen atoms in total. The third kappa shape index (κ3) is 2.61. The van der Waals surface area contributed by atoms with Crippen molar-refractivity contribution in [3.63, 3.8) is 0 Å². The lowest BCUT2D eigenvalue weighted by molar-refractivity contribution is -0.117. The smallest absolute Gasteiger partial charge is 0.131 e. The van der Waals surface area contributed by atoms with Gasteiger partial charge in [-0.1, -0.05) is 54.6 Å². The first-order valence-electron chi connectivity index (χ1n) is 8.29. The van der Waals surface area contributed by atoms with E-state index in [0.717, 1.165) is 0 Å². The molecule has 3 aromatic carbocycles. The maximum absolute atomic E-state index is 11.5. The molecular formula is C22H19NO. The van der Waals surface area contributed by atoms with Crippen molar-refractivity contribution in [2.45, 2.75) is 19.9 Å². The van der Waals surface area contributed by atoms with E-state index in [1.807, 2.05) is 0 Å². The van der Waals surface area contributed by atoms with Crippen LogP contribution in [0.3, 0.4) is 0 Å². The number of fused-ring (bicyclic) bond motifs is 2. The van der Waals surface area contributed by atoms with Gasteiger partial charge in [0.25, 0.3) is 0 Å². The Morgan fingerprint density at radius 2 is 1.54 bits per heavy atom. The number of aryl methyl sites for hydroxylation is 1. The van der Waals surface area contributed by atoms with Crippen molar-refractivity contribution >= 4 is 27.5 Å². The van der Waals surface area contributed by atoms with Gasteiger partial charge in [-0.2, -0.15) is 0 Å². The molecule has 4 aromatic rings. The lowest BCUT2D eigenvalue weighted by Crippen LogP contribution is -2.04. The predicted octanol–water partition coefficient (Wildman–Crippen LogP) is 5.44. The molecule has 0 spiro atoms. The Kier molecular flexibility index (Phi) is 3.66. The van der Waals surface area contributed by atoms with Crippen molar-refractivity contribution < 1.29 is 4.79 Å². The van der Waals surface area contributed by atoms with Gasteiger partial charge in [0.1, 0.15) is 5.78 Å². The van der Waals surface area contributed by atoms with Crippen molar-refractivity contribution in [3.8, 4) is 11.3 Å². The summed E-state index contributed by atoms with van der Waals surface area (Å²) in [4.78, 5) is 11.5. The van der Waals surface area contributed by atoms with Crippen molar-refractivity contribution in [1.82, 2.24) is 4.57 Å². The molecule has 1 aromatic heterocycles. The Hall–Kier alpha value is -2.87. The van der Waals surface area contributed by atoms with E-state index in [-0.39, 0.29) is 5.78 Å². The molecule has 0 bridgehead atoms. The van der Waals surface area contributed by atoms with Crippen LogP contribution in [0.1, 0.15) is 13.3 Å². The Labute approximate surface area is 141 Å². The number of nitrogens with zero attached hydrogens (tertiary/aromatic N) is 1. The lowest BCUT2D eigenvalue weighted by Gasteiger charge is -2.11. The van der Waals surface area contributed by atoms with Crippen LogP contribution in [-0.2, 0) is 11.3 Å². The zero-order valence-corrected chi connectivity index (χ0v) is 13.7. The van der Waals surface area contributed by atoms with Crippen molar-refractivity contribution in [2.24, 2.45) is 0 Å². The Morgan fingerprint density at radius 3 is 2.33 bits per heavy atom. The second-order valence-corrected chi connectivity index (χ2v) is 6.25. The van der Waals surface area contributed by atoms with E-state index in [1.54, 1.807) is 6.92 Å². The van der Waals surface area contributed by atoms with E-state index < -0.39 is 0 Å². The summed E-state index contributed by atoms with van der Waals surface area (Å²) < 4.78 is 2.26. The normalized spacial score (nSPS) is 11.2. The Bertz CT molecular complexity index is 1040. The van der Waals surface area contributed by atoms with Gasteiger partial charge in [0.15, 0.2) is 0 Å². The molecule has 0 radical (unpaired) electrons. The predicted molar refractivity (Wildman–Crippen MR) is 100 cm³/mol. The lowest BCUT2D eigenvalue weighted by atomic mass is 10.0. The number of ketones is 1. The number of hydrogen-bond donors (Lipinski definition) is 0. The van der Waals surface area contributed by atoms with E-state index in [0.29, 0.717) is 13.0 Å². The minimum absolute atomic E-state index is 0.220. The van der Waals surface area contributed by atoms with Crippen LogP contribution < -0.4 is 0 Å². The Balaban J connectivity index is 1.90. The van der Waals surface area contributed by atoms with E-state index in [2.05, 4.69) is 77.4 Å². The fraction of sp³-hybridized carbons (Fsp3) is 0.136. The first-order chi connectivity index (χ1) is 11.7. The highest BCUT2D eigenvalue weighted by Crippen LogP contribution is 2.30. The number of hydrogen-bond acceptors (Lipinski definition) is 1. The average Bonchev–Trinajstić information content (AvgIpc) is 2.98. The van der Waals surface area contributed by atoms with Crippen LogP contribution in [0.25, 0.3) is 32.9 Å². The van der Waals surface area contributed by atoms with Gasteiger partial charge in [-0.05, 0) is 41.5 Å². The molecule has 0 saturated carbocycles. The van der Waals surface area contributed by atoms with Crippen LogP contribution in [0.4, 0.5) is 0 Å². The number of aromatic nitrogens is 1. The number of para-hydroxylation sites is 1. The largest absolute Gasteiger partial charge is 0.340 e. The highest BCUT2D eigenvalue weighted by molar-refractivity contribution is 5.91. The molecule has 2 heteroatoms. The summed E-state index contributed by atoms with van der Waals surface area (Å²) in [5.41, 5.74) is 3.54. The van der Waals surface area contributed by atoms with Gasteiger partial charge < -0.3 is 4.57 Å². The average molecular weight is 313 g/mol. The summed E-state index contributed by atoms with van der Waals surface area (Å²) >= 11 is 0. The van der Waals surface area contributed by atoms with Crippen LogP contribution in [-0.4, -0.2) is 10.4 Å². The fourth-order valence-corrected chi connectivity index (χ4v) is 3.31. The molecule has 0 aliphatic heterocycles.